The summed E-state index contributed by atoms with van der Waals surface area (Å²) >= 11 is 0. The molecule has 2 aromatic carbocycles. The first-order valence-electron chi connectivity index (χ1n) is 19.0. The number of ether oxygens (including phenoxy) is 2. The summed E-state index contributed by atoms with van der Waals surface area (Å²) in [4.78, 5) is 75.0. The van der Waals surface area contributed by atoms with Gasteiger partial charge in [-0.05, 0) is 85.5 Å². The number of nitrogens with zero attached hydrogens (tertiary/aromatic N) is 3. The van der Waals surface area contributed by atoms with Gasteiger partial charge < -0.3 is 40.2 Å². The summed E-state index contributed by atoms with van der Waals surface area (Å²) in [5.41, 5.74) is 1.63. The lowest BCUT2D eigenvalue weighted by Gasteiger charge is -2.29. The molecule has 1 fully saturated rings. The van der Waals surface area contributed by atoms with Gasteiger partial charge in [-0.3, -0.25) is 24.0 Å². The first-order valence-corrected chi connectivity index (χ1v) is 19.0. The fourth-order valence-corrected chi connectivity index (χ4v) is 6.69. The van der Waals surface area contributed by atoms with E-state index < -0.39 is 41.8 Å². The van der Waals surface area contributed by atoms with Gasteiger partial charge in [0.25, 0.3) is 5.91 Å². The number of aromatic nitrogens is 2. The average molecular weight is 768 g/mol. The fourth-order valence-electron chi connectivity index (χ4n) is 6.69. The Labute approximate surface area is 325 Å². The van der Waals surface area contributed by atoms with Crippen molar-refractivity contribution in [2.24, 2.45) is 11.8 Å². The number of fused-ring (bicyclic) bond motifs is 18. The highest BCUT2D eigenvalue weighted by atomic mass is 16.5. The van der Waals surface area contributed by atoms with Crippen molar-refractivity contribution in [2.75, 3.05) is 26.8 Å². The van der Waals surface area contributed by atoms with Crippen molar-refractivity contribution in [1.29, 1.82) is 0 Å². The van der Waals surface area contributed by atoms with E-state index in [1.807, 2.05) is 0 Å². The largest absolute Gasteiger partial charge is 0.497 e. The Bertz CT molecular complexity index is 2010. The van der Waals surface area contributed by atoms with Crippen LogP contribution in [-0.2, 0) is 32.0 Å². The molecule has 1 saturated carbocycles. The van der Waals surface area contributed by atoms with Crippen LogP contribution in [0.15, 0.2) is 71.4 Å². The van der Waals surface area contributed by atoms with Crippen LogP contribution in [0.1, 0.15) is 61.7 Å². The molecule has 2 bridgehead atoms. The number of hydrogen-bond acceptors (Lipinski definition) is 10. The van der Waals surface area contributed by atoms with Crippen molar-refractivity contribution in [2.45, 2.75) is 77.0 Å². The van der Waals surface area contributed by atoms with Crippen molar-refractivity contribution < 1.29 is 38.0 Å². The molecule has 4 heterocycles. The Morgan fingerprint density at radius 3 is 2.43 bits per heavy atom. The number of nitrogens with one attached hydrogen (secondary N) is 4. The van der Waals surface area contributed by atoms with E-state index in [1.165, 1.54) is 11.1 Å². The molecule has 56 heavy (non-hydrogen) atoms. The third-order valence-electron chi connectivity index (χ3n) is 9.80. The average Bonchev–Trinajstić information content (AvgIpc) is 3.90. The molecule has 4 aromatic rings. The molecular weight excluding hydrogens is 718 g/mol. The van der Waals surface area contributed by atoms with E-state index in [0.29, 0.717) is 41.0 Å². The zero-order valence-corrected chi connectivity index (χ0v) is 32.1. The molecule has 3 aliphatic rings. The number of carbonyl (C=O) groups is 5. The Hall–Kier alpha value is -5.99. The predicted octanol–water partition coefficient (Wildman–Crippen LogP) is 2.97. The maximum Gasteiger partial charge on any atom is 0.291 e. The second kappa shape index (κ2) is 18.1. The van der Waals surface area contributed by atoms with Gasteiger partial charge in [-0.25, -0.2) is 4.98 Å². The number of amides is 5. The SMILES string of the molecule is COc1ccc(C[C@@H]2NC(=O)[C@@H](NC(=O)c3onc4ncccc34)Cc3ccc(cc3)OC[C@H](CC(C)C)NC(=O)CN(CC3CC3)C(=O)[C@@H](C)NC2=O)cc1. The van der Waals surface area contributed by atoms with Crippen LogP contribution >= 0.6 is 0 Å². The zero-order valence-electron chi connectivity index (χ0n) is 32.1. The van der Waals surface area contributed by atoms with Crippen LogP contribution < -0.4 is 30.7 Å². The minimum atomic E-state index is -1.18. The lowest BCUT2D eigenvalue weighted by Crippen LogP contribution is -2.58. The van der Waals surface area contributed by atoms with Gasteiger partial charge >= 0.3 is 0 Å². The standard InChI is InChI=1S/C41H49N7O8/c1-24(2)18-29-23-55-31-15-11-27(12-16-31)20-34(46-40(52)36-32-6-5-17-42-37(32)47-56-36)39(51)45-33(19-26-9-13-30(54-4)14-10-26)38(50)43-25(3)41(53)48(21-28-7-8-28)22-35(49)44-29/h5-6,9-17,24-25,28-29,33-34H,7-8,18-23H2,1-4H3,(H,43,50)(H,44,49)(H,45,51)(H,46,52)/t25-,29+,33+,34+/m1/s1. The Morgan fingerprint density at radius 2 is 1.73 bits per heavy atom. The molecule has 0 saturated heterocycles. The molecule has 4 N–H and O–H groups in total. The number of rotatable bonds is 9. The molecule has 0 unspecified atom stereocenters. The Balaban J connectivity index is 1.32. The summed E-state index contributed by atoms with van der Waals surface area (Å²) in [6, 6.07) is 13.7. The zero-order chi connectivity index (χ0) is 39.8. The van der Waals surface area contributed by atoms with Crippen LogP contribution in [0.5, 0.6) is 11.5 Å². The van der Waals surface area contributed by atoms with E-state index in [9.17, 15) is 24.0 Å². The van der Waals surface area contributed by atoms with Gasteiger partial charge in [0.1, 0.15) is 36.2 Å². The van der Waals surface area contributed by atoms with E-state index in [2.05, 4.69) is 45.3 Å². The van der Waals surface area contributed by atoms with Gasteiger partial charge in [0.15, 0.2) is 0 Å². The van der Waals surface area contributed by atoms with Crippen LogP contribution in [0.3, 0.4) is 0 Å². The van der Waals surface area contributed by atoms with Crippen molar-refractivity contribution in [3.05, 3.63) is 83.7 Å². The van der Waals surface area contributed by atoms with E-state index in [1.54, 1.807) is 74.7 Å². The van der Waals surface area contributed by atoms with Crippen molar-refractivity contribution in [3.8, 4) is 11.5 Å². The monoisotopic (exact) mass is 767 g/mol. The molecule has 15 heteroatoms. The van der Waals surface area contributed by atoms with E-state index in [0.717, 1.165) is 12.8 Å². The second-order valence-electron chi connectivity index (χ2n) is 15.0. The van der Waals surface area contributed by atoms with Gasteiger partial charge in [-0.1, -0.05) is 43.3 Å². The van der Waals surface area contributed by atoms with Crippen LogP contribution in [0.25, 0.3) is 11.0 Å². The third-order valence-corrected chi connectivity index (χ3v) is 9.80. The molecule has 5 amide bonds. The fraction of sp³-hybridized carbons (Fsp3) is 0.439. The third kappa shape index (κ3) is 10.6. The van der Waals surface area contributed by atoms with Gasteiger partial charge in [0.05, 0.1) is 25.1 Å². The van der Waals surface area contributed by atoms with E-state index in [4.69, 9.17) is 14.0 Å². The van der Waals surface area contributed by atoms with Crippen molar-refractivity contribution in [1.82, 2.24) is 36.3 Å². The maximum atomic E-state index is 14.3. The molecule has 2 aromatic heterocycles. The summed E-state index contributed by atoms with van der Waals surface area (Å²) < 4.78 is 16.7. The van der Waals surface area contributed by atoms with Crippen molar-refractivity contribution >= 4 is 40.6 Å². The lowest BCUT2D eigenvalue weighted by atomic mass is 10.0. The minimum absolute atomic E-state index is 0.0378. The summed E-state index contributed by atoms with van der Waals surface area (Å²) in [6.45, 7) is 6.08. The normalized spacial score (nSPS) is 21.6. The van der Waals surface area contributed by atoms with Crippen LogP contribution in [0.2, 0.25) is 0 Å². The lowest BCUT2D eigenvalue weighted by molar-refractivity contribution is -0.140. The smallest absolute Gasteiger partial charge is 0.291 e. The van der Waals surface area contributed by atoms with E-state index >= 15 is 0 Å². The number of methoxy groups -OCH3 is 1. The number of pyridine rings is 1. The molecule has 7 rings (SSSR count). The molecule has 2 aliphatic heterocycles. The van der Waals surface area contributed by atoms with Crippen molar-refractivity contribution in [3.63, 3.8) is 0 Å². The molecule has 15 nitrogen and oxygen atoms in total. The summed E-state index contributed by atoms with van der Waals surface area (Å²) in [5.74, 6) is -1.11. The van der Waals surface area contributed by atoms with E-state index in [-0.39, 0.29) is 61.2 Å². The Morgan fingerprint density at radius 1 is 0.982 bits per heavy atom. The number of benzene rings is 2. The molecule has 0 spiro atoms. The summed E-state index contributed by atoms with van der Waals surface area (Å²) in [5, 5.41) is 15.7. The van der Waals surface area contributed by atoms with Gasteiger partial charge in [-0.2, -0.15) is 0 Å². The van der Waals surface area contributed by atoms with Crippen LogP contribution in [0, 0.1) is 11.8 Å². The minimum Gasteiger partial charge on any atom is -0.497 e. The van der Waals surface area contributed by atoms with Gasteiger partial charge in [-0.15, -0.1) is 0 Å². The first-order chi connectivity index (χ1) is 26.9. The topological polar surface area (TPSA) is 194 Å². The van der Waals surface area contributed by atoms with Crippen LogP contribution in [0.4, 0.5) is 0 Å². The number of carbonyl (C=O) groups excluding carboxylic acids is 5. The second-order valence-corrected chi connectivity index (χ2v) is 15.0. The quantitative estimate of drug-likeness (QED) is 0.184. The Kier molecular flexibility index (Phi) is 12.8. The number of hydrogen-bond donors (Lipinski definition) is 4. The highest BCUT2D eigenvalue weighted by molar-refractivity contribution is 6.04. The summed E-state index contributed by atoms with van der Waals surface area (Å²) in [6.07, 6.45) is 4.16. The first kappa shape index (κ1) is 39.7. The van der Waals surface area contributed by atoms with Gasteiger partial charge in [0, 0.05) is 25.6 Å². The van der Waals surface area contributed by atoms with Crippen LogP contribution in [-0.4, -0.2) is 95.6 Å². The molecule has 1 aliphatic carbocycles. The predicted molar refractivity (Wildman–Crippen MR) is 206 cm³/mol. The van der Waals surface area contributed by atoms with Gasteiger partial charge in [0.2, 0.25) is 35.0 Å². The molecule has 296 valence electrons. The highest BCUT2D eigenvalue weighted by Gasteiger charge is 2.34. The highest BCUT2D eigenvalue weighted by Crippen LogP contribution is 2.30. The molecule has 0 radical (unpaired) electrons. The summed E-state index contributed by atoms with van der Waals surface area (Å²) in [7, 11) is 1.54. The molecule has 4 atom stereocenters. The maximum absolute atomic E-state index is 14.3. The molecular formula is C41H49N7O8.